The number of hydrogen-bond donors (Lipinski definition) is 2. The number of nitrogens with one attached hydrogen (secondary N) is 2. The van der Waals surface area contributed by atoms with Gasteiger partial charge in [0.05, 0.1) is 6.61 Å². The first-order chi connectivity index (χ1) is 9.85. The third kappa shape index (κ3) is 14.0. The van der Waals surface area contributed by atoms with E-state index < -0.39 is 0 Å². The van der Waals surface area contributed by atoms with Crippen molar-refractivity contribution in [3.05, 3.63) is 12.7 Å². The molecule has 2 N–H and O–H groups in total. The molecule has 0 bridgehead atoms. The number of allylic oxidation sites excluding steroid dienone is 1. The zero-order valence-electron chi connectivity index (χ0n) is 13.6. The quantitative estimate of drug-likeness (QED) is 0.475. The second-order valence-corrected chi connectivity index (χ2v) is 5.20. The fraction of sp³-hybridized carbons (Fsp3) is 0.875. The molecule has 1 rings (SSSR count). The summed E-state index contributed by atoms with van der Waals surface area (Å²) in [6, 6.07) is 0. The first-order valence-corrected chi connectivity index (χ1v) is 8.05. The molecule has 0 aliphatic carbocycles. The molecule has 0 radical (unpaired) electrons. The molecule has 0 saturated carbocycles. The summed E-state index contributed by atoms with van der Waals surface area (Å²) >= 11 is 0. The minimum Gasteiger partial charge on any atom is -0.380 e. The van der Waals surface area contributed by atoms with E-state index in [1.807, 2.05) is 20.2 Å². The molecule has 0 amide bonds. The molecule has 0 spiro atoms. The van der Waals surface area contributed by atoms with E-state index in [1.54, 1.807) is 0 Å². The Morgan fingerprint density at radius 1 is 1.10 bits per heavy atom. The average molecular weight is 285 g/mol. The normalized spacial score (nSPS) is 15.5. The lowest BCUT2D eigenvalue weighted by atomic mass is 10.1. The highest BCUT2D eigenvalue weighted by atomic mass is 16.5. The van der Waals surface area contributed by atoms with Crippen molar-refractivity contribution in [3.8, 4) is 0 Å². The Labute approximate surface area is 125 Å². The van der Waals surface area contributed by atoms with Crippen LogP contribution in [0.15, 0.2) is 12.7 Å². The molecule has 120 valence electrons. The molecule has 1 fully saturated rings. The molecule has 1 heterocycles. The van der Waals surface area contributed by atoms with Crippen molar-refractivity contribution in [2.45, 2.75) is 32.1 Å². The predicted molar refractivity (Wildman–Crippen MR) is 88.4 cm³/mol. The van der Waals surface area contributed by atoms with Crippen molar-refractivity contribution < 1.29 is 4.74 Å². The summed E-state index contributed by atoms with van der Waals surface area (Å²) in [6.45, 7) is 11.3. The fourth-order valence-corrected chi connectivity index (χ4v) is 2.08. The van der Waals surface area contributed by atoms with Gasteiger partial charge in [0.25, 0.3) is 0 Å². The first-order valence-electron chi connectivity index (χ1n) is 8.05. The summed E-state index contributed by atoms with van der Waals surface area (Å²) < 4.78 is 5.66. The van der Waals surface area contributed by atoms with E-state index in [1.165, 1.54) is 38.8 Å². The maximum Gasteiger partial charge on any atom is 0.0593 e. The molecule has 4 nitrogen and oxygen atoms in total. The summed E-state index contributed by atoms with van der Waals surface area (Å²) in [4.78, 5) is 2.47. The number of ether oxygens (including phenoxy) is 1. The van der Waals surface area contributed by atoms with Gasteiger partial charge in [-0.3, -0.25) is 4.90 Å². The fourth-order valence-electron chi connectivity index (χ4n) is 2.08. The van der Waals surface area contributed by atoms with Gasteiger partial charge in [-0.2, -0.15) is 0 Å². The van der Waals surface area contributed by atoms with Crippen LogP contribution in [0.5, 0.6) is 0 Å². The molecule has 20 heavy (non-hydrogen) atoms. The average Bonchev–Trinajstić information content (AvgIpc) is 2.47. The number of nitrogens with zero attached hydrogens (tertiary/aromatic N) is 1. The minimum atomic E-state index is 0.895. The van der Waals surface area contributed by atoms with Crippen molar-refractivity contribution in [2.75, 3.05) is 60.0 Å². The monoisotopic (exact) mass is 285 g/mol. The molecule has 1 aliphatic heterocycles. The Morgan fingerprint density at radius 2 is 1.75 bits per heavy atom. The van der Waals surface area contributed by atoms with Crippen molar-refractivity contribution in [1.82, 2.24) is 15.5 Å². The van der Waals surface area contributed by atoms with E-state index in [9.17, 15) is 0 Å². The van der Waals surface area contributed by atoms with E-state index in [4.69, 9.17) is 4.74 Å². The van der Waals surface area contributed by atoms with Crippen LogP contribution in [-0.2, 0) is 4.74 Å². The maximum absolute atomic E-state index is 5.66. The number of hydrogen-bond acceptors (Lipinski definition) is 4. The number of rotatable bonds is 10. The lowest BCUT2D eigenvalue weighted by Crippen LogP contribution is -2.44. The van der Waals surface area contributed by atoms with Gasteiger partial charge in [0, 0.05) is 39.3 Å². The van der Waals surface area contributed by atoms with Crippen molar-refractivity contribution in [3.63, 3.8) is 0 Å². The Hall–Kier alpha value is -0.420. The molecule has 0 atom stereocenters. The van der Waals surface area contributed by atoms with E-state index in [-0.39, 0.29) is 0 Å². The van der Waals surface area contributed by atoms with Crippen molar-refractivity contribution in [2.24, 2.45) is 0 Å². The second-order valence-electron chi connectivity index (χ2n) is 5.20. The summed E-state index contributed by atoms with van der Waals surface area (Å²) in [5.41, 5.74) is 0. The third-order valence-electron chi connectivity index (χ3n) is 3.21. The van der Waals surface area contributed by atoms with Crippen LogP contribution in [0.25, 0.3) is 0 Å². The van der Waals surface area contributed by atoms with E-state index in [0.29, 0.717) is 0 Å². The van der Waals surface area contributed by atoms with Crippen molar-refractivity contribution >= 4 is 0 Å². The van der Waals surface area contributed by atoms with Gasteiger partial charge < -0.3 is 15.4 Å². The SMILES string of the molecule is C=CCCCCCCOCCN1CCNCC1.CNC. The van der Waals surface area contributed by atoms with Crippen LogP contribution in [0.1, 0.15) is 32.1 Å². The Morgan fingerprint density at radius 3 is 2.40 bits per heavy atom. The Bertz CT molecular complexity index is 194. The zero-order valence-corrected chi connectivity index (χ0v) is 13.6. The largest absolute Gasteiger partial charge is 0.380 e. The van der Waals surface area contributed by atoms with Crippen molar-refractivity contribution in [1.29, 1.82) is 0 Å². The van der Waals surface area contributed by atoms with Crippen LogP contribution in [0.3, 0.4) is 0 Å². The summed E-state index contributed by atoms with van der Waals surface area (Å²) in [5.74, 6) is 0. The standard InChI is InChI=1S/C14H28N2O.C2H7N/c1-2-3-4-5-6-7-13-17-14-12-16-10-8-15-9-11-16;1-3-2/h2,15H,1,3-14H2;3H,1-2H3. The van der Waals surface area contributed by atoms with Gasteiger partial charge >= 0.3 is 0 Å². The molecule has 0 aromatic carbocycles. The van der Waals surface area contributed by atoms with Gasteiger partial charge in [0.15, 0.2) is 0 Å². The maximum atomic E-state index is 5.66. The van der Waals surface area contributed by atoms with Gasteiger partial charge in [-0.05, 0) is 33.4 Å². The van der Waals surface area contributed by atoms with Gasteiger partial charge in [-0.15, -0.1) is 6.58 Å². The summed E-state index contributed by atoms with van der Waals surface area (Å²) in [5, 5.41) is 6.11. The predicted octanol–water partition coefficient (Wildman–Crippen LogP) is 1.88. The summed E-state index contributed by atoms with van der Waals surface area (Å²) in [6.07, 6.45) is 8.26. The zero-order chi connectivity index (χ0) is 14.9. The molecular weight excluding hydrogens is 250 g/mol. The molecule has 1 aliphatic rings. The molecular formula is C16H35N3O. The number of piperazine rings is 1. The van der Waals surface area contributed by atoms with E-state index in [0.717, 1.165) is 39.3 Å². The lowest BCUT2D eigenvalue weighted by molar-refractivity contribution is 0.0962. The highest BCUT2D eigenvalue weighted by molar-refractivity contribution is 4.67. The van der Waals surface area contributed by atoms with Crippen LogP contribution < -0.4 is 10.6 Å². The smallest absolute Gasteiger partial charge is 0.0593 e. The minimum absolute atomic E-state index is 0.895. The lowest BCUT2D eigenvalue weighted by Gasteiger charge is -2.26. The van der Waals surface area contributed by atoms with Gasteiger partial charge in [0.1, 0.15) is 0 Å². The van der Waals surface area contributed by atoms with Crippen LogP contribution in [-0.4, -0.2) is 64.9 Å². The van der Waals surface area contributed by atoms with Crippen LogP contribution in [0.2, 0.25) is 0 Å². The molecule has 0 aromatic rings. The third-order valence-corrected chi connectivity index (χ3v) is 3.21. The topological polar surface area (TPSA) is 36.5 Å². The first kappa shape index (κ1) is 19.6. The highest BCUT2D eigenvalue weighted by Gasteiger charge is 2.07. The van der Waals surface area contributed by atoms with Crippen LogP contribution >= 0.6 is 0 Å². The Balaban J connectivity index is 0.00000110. The molecule has 1 saturated heterocycles. The van der Waals surface area contributed by atoms with Gasteiger partial charge in [0.2, 0.25) is 0 Å². The highest BCUT2D eigenvalue weighted by Crippen LogP contribution is 2.03. The second kappa shape index (κ2) is 16.6. The van der Waals surface area contributed by atoms with Crippen LogP contribution in [0, 0.1) is 0 Å². The molecule has 4 heteroatoms. The van der Waals surface area contributed by atoms with Gasteiger partial charge in [-0.1, -0.05) is 18.9 Å². The number of unbranched alkanes of at least 4 members (excludes halogenated alkanes) is 4. The van der Waals surface area contributed by atoms with E-state index in [2.05, 4.69) is 22.1 Å². The van der Waals surface area contributed by atoms with Crippen LogP contribution in [0.4, 0.5) is 0 Å². The van der Waals surface area contributed by atoms with Gasteiger partial charge in [-0.25, -0.2) is 0 Å². The molecule has 0 unspecified atom stereocenters. The molecule has 0 aromatic heterocycles. The van der Waals surface area contributed by atoms with E-state index >= 15 is 0 Å². The Kier molecular flexibility index (Phi) is 16.3. The summed E-state index contributed by atoms with van der Waals surface area (Å²) in [7, 11) is 3.75.